The molecule has 0 fully saturated rings. The smallest absolute Gasteiger partial charge is 0.255 e. The summed E-state index contributed by atoms with van der Waals surface area (Å²) in [4.78, 5) is 17.0. The van der Waals surface area contributed by atoms with Crippen molar-refractivity contribution < 1.29 is 4.79 Å². The number of hydrogen-bond acceptors (Lipinski definition) is 5. The molecule has 0 bridgehead atoms. The zero-order valence-corrected chi connectivity index (χ0v) is 17.1. The van der Waals surface area contributed by atoms with Crippen LogP contribution in [-0.2, 0) is 5.41 Å². The molecule has 0 spiro atoms. The zero-order valence-electron chi connectivity index (χ0n) is 16.3. The van der Waals surface area contributed by atoms with Crippen molar-refractivity contribution in [2.75, 3.05) is 10.7 Å². The van der Waals surface area contributed by atoms with E-state index in [2.05, 4.69) is 41.6 Å². The SMILES string of the molecule is CC(C)=NNc1nc2ccc(NC(=O)c3ccc(C(C)(C)C)cc3)cc2s1. The first-order valence-electron chi connectivity index (χ1n) is 8.82. The molecule has 0 radical (unpaired) electrons. The molecule has 1 heterocycles. The largest absolute Gasteiger partial charge is 0.322 e. The third-order valence-electron chi connectivity index (χ3n) is 4.03. The third-order valence-corrected chi connectivity index (χ3v) is 4.96. The van der Waals surface area contributed by atoms with Gasteiger partial charge < -0.3 is 5.32 Å². The lowest BCUT2D eigenvalue weighted by Gasteiger charge is -2.19. The lowest BCUT2D eigenvalue weighted by atomic mass is 9.87. The predicted molar refractivity (Wildman–Crippen MR) is 115 cm³/mol. The lowest BCUT2D eigenvalue weighted by Crippen LogP contribution is -2.14. The van der Waals surface area contributed by atoms with E-state index in [1.54, 1.807) is 0 Å². The van der Waals surface area contributed by atoms with Crippen LogP contribution in [0.5, 0.6) is 0 Å². The summed E-state index contributed by atoms with van der Waals surface area (Å²) >= 11 is 1.50. The highest BCUT2D eigenvalue weighted by atomic mass is 32.1. The molecule has 3 rings (SSSR count). The van der Waals surface area contributed by atoms with E-state index in [9.17, 15) is 4.79 Å². The Balaban J connectivity index is 1.75. The molecular weight excluding hydrogens is 356 g/mol. The van der Waals surface area contributed by atoms with Gasteiger partial charge in [0.2, 0.25) is 5.13 Å². The number of hydrogen-bond donors (Lipinski definition) is 2. The monoisotopic (exact) mass is 380 g/mol. The molecule has 0 aliphatic carbocycles. The van der Waals surface area contributed by atoms with Gasteiger partial charge in [0.15, 0.2) is 0 Å². The number of hydrazone groups is 1. The van der Waals surface area contributed by atoms with E-state index in [-0.39, 0.29) is 11.3 Å². The van der Waals surface area contributed by atoms with Crippen molar-refractivity contribution in [3.63, 3.8) is 0 Å². The van der Waals surface area contributed by atoms with Gasteiger partial charge >= 0.3 is 0 Å². The van der Waals surface area contributed by atoms with E-state index in [0.717, 1.165) is 26.7 Å². The molecule has 5 nitrogen and oxygen atoms in total. The van der Waals surface area contributed by atoms with Crippen molar-refractivity contribution in [3.8, 4) is 0 Å². The van der Waals surface area contributed by atoms with E-state index >= 15 is 0 Å². The molecular formula is C21H24N4OS. The number of nitrogens with zero attached hydrogens (tertiary/aromatic N) is 2. The fourth-order valence-corrected chi connectivity index (χ4v) is 3.38. The summed E-state index contributed by atoms with van der Waals surface area (Å²) in [6.45, 7) is 10.3. The third kappa shape index (κ3) is 4.71. The Labute approximate surface area is 163 Å². The standard InChI is InChI=1S/C21H24N4OS/c1-13(2)24-25-20-23-17-11-10-16(12-18(17)27-20)22-19(26)14-6-8-15(9-7-14)21(3,4)5/h6-12H,1-5H3,(H,22,26)(H,23,25). The molecule has 140 valence electrons. The van der Waals surface area contributed by atoms with Crippen LogP contribution < -0.4 is 10.7 Å². The first-order valence-corrected chi connectivity index (χ1v) is 9.63. The summed E-state index contributed by atoms with van der Waals surface area (Å²) in [5.74, 6) is -0.121. The van der Waals surface area contributed by atoms with Crippen LogP contribution in [0.2, 0.25) is 0 Å². The van der Waals surface area contributed by atoms with Gasteiger partial charge in [-0.2, -0.15) is 5.10 Å². The van der Waals surface area contributed by atoms with Gasteiger partial charge in [-0.15, -0.1) is 0 Å². The number of aromatic nitrogens is 1. The summed E-state index contributed by atoms with van der Waals surface area (Å²) in [5, 5.41) is 7.86. The number of rotatable bonds is 4. The van der Waals surface area contributed by atoms with Crippen LogP contribution in [-0.4, -0.2) is 16.6 Å². The van der Waals surface area contributed by atoms with Crippen LogP contribution in [0.25, 0.3) is 10.2 Å². The number of nitrogens with one attached hydrogen (secondary N) is 2. The molecule has 1 amide bonds. The Morgan fingerprint density at radius 1 is 1.07 bits per heavy atom. The first kappa shape index (κ1) is 19.0. The number of anilines is 2. The van der Waals surface area contributed by atoms with E-state index in [1.807, 2.05) is 56.3 Å². The molecule has 2 aromatic carbocycles. The molecule has 0 atom stereocenters. The summed E-state index contributed by atoms with van der Waals surface area (Å²) < 4.78 is 0.988. The van der Waals surface area contributed by atoms with Crippen molar-refractivity contribution in [2.24, 2.45) is 5.10 Å². The summed E-state index contributed by atoms with van der Waals surface area (Å²) in [5.41, 5.74) is 7.41. The van der Waals surface area contributed by atoms with Crippen LogP contribution >= 0.6 is 11.3 Å². The minimum Gasteiger partial charge on any atom is -0.322 e. The molecule has 0 unspecified atom stereocenters. The highest BCUT2D eigenvalue weighted by Gasteiger charge is 2.14. The van der Waals surface area contributed by atoms with Gasteiger partial charge in [0.25, 0.3) is 5.91 Å². The van der Waals surface area contributed by atoms with E-state index in [1.165, 1.54) is 16.9 Å². The van der Waals surface area contributed by atoms with Crippen LogP contribution in [0.1, 0.15) is 50.5 Å². The van der Waals surface area contributed by atoms with Gasteiger partial charge in [0.05, 0.1) is 10.2 Å². The molecule has 2 N–H and O–H groups in total. The second-order valence-corrected chi connectivity index (χ2v) is 8.68. The normalized spacial score (nSPS) is 11.3. The van der Waals surface area contributed by atoms with Gasteiger partial charge in [-0.1, -0.05) is 44.2 Å². The van der Waals surface area contributed by atoms with Gasteiger partial charge in [-0.05, 0) is 55.2 Å². The number of benzene rings is 2. The molecule has 0 saturated carbocycles. The van der Waals surface area contributed by atoms with E-state index < -0.39 is 0 Å². The predicted octanol–water partition coefficient (Wildman–Crippen LogP) is 5.65. The molecule has 0 aliphatic heterocycles. The maximum Gasteiger partial charge on any atom is 0.255 e. The number of carbonyl (C=O) groups excluding carboxylic acids is 1. The Bertz CT molecular complexity index is 993. The number of fused-ring (bicyclic) bond motifs is 1. The average Bonchev–Trinajstić information content (AvgIpc) is 3.01. The van der Waals surface area contributed by atoms with Crippen molar-refractivity contribution >= 4 is 44.0 Å². The summed E-state index contributed by atoms with van der Waals surface area (Å²) in [6, 6.07) is 13.5. The molecule has 1 aromatic heterocycles. The first-order chi connectivity index (χ1) is 12.7. The Kier molecular flexibility index (Phi) is 5.28. The van der Waals surface area contributed by atoms with Gasteiger partial charge in [-0.3, -0.25) is 10.2 Å². The molecule has 0 saturated heterocycles. The minimum atomic E-state index is -0.121. The van der Waals surface area contributed by atoms with Crippen molar-refractivity contribution in [1.82, 2.24) is 4.98 Å². The molecule has 3 aromatic rings. The minimum absolute atomic E-state index is 0.0678. The van der Waals surface area contributed by atoms with Gasteiger partial charge in [-0.25, -0.2) is 4.98 Å². The average molecular weight is 381 g/mol. The van der Waals surface area contributed by atoms with Crippen LogP contribution in [0.3, 0.4) is 0 Å². The number of carbonyl (C=O) groups is 1. The quantitative estimate of drug-likeness (QED) is 0.454. The second-order valence-electron chi connectivity index (χ2n) is 7.65. The van der Waals surface area contributed by atoms with Crippen LogP contribution in [0.4, 0.5) is 10.8 Å². The van der Waals surface area contributed by atoms with Crippen molar-refractivity contribution in [1.29, 1.82) is 0 Å². The molecule has 27 heavy (non-hydrogen) atoms. The van der Waals surface area contributed by atoms with E-state index in [4.69, 9.17) is 0 Å². The highest BCUT2D eigenvalue weighted by molar-refractivity contribution is 7.22. The van der Waals surface area contributed by atoms with Crippen molar-refractivity contribution in [3.05, 3.63) is 53.6 Å². The molecule has 0 aliphatic rings. The number of amides is 1. The summed E-state index contributed by atoms with van der Waals surface area (Å²) in [6.07, 6.45) is 0. The summed E-state index contributed by atoms with van der Waals surface area (Å²) in [7, 11) is 0. The van der Waals surface area contributed by atoms with Gasteiger partial charge in [0, 0.05) is 17.0 Å². The maximum absolute atomic E-state index is 12.5. The Morgan fingerprint density at radius 3 is 2.41 bits per heavy atom. The molecule has 6 heteroatoms. The highest BCUT2D eigenvalue weighted by Crippen LogP contribution is 2.29. The second kappa shape index (κ2) is 7.48. The lowest BCUT2D eigenvalue weighted by molar-refractivity contribution is 0.102. The fraction of sp³-hybridized carbons (Fsp3) is 0.286. The Morgan fingerprint density at radius 2 is 1.78 bits per heavy atom. The van der Waals surface area contributed by atoms with Crippen molar-refractivity contribution in [2.45, 2.75) is 40.0 Å². The van der Waals surface area contributed by atoms with Crippen LogP contribution in [0, 0.1) is 0 Å². The van der Waals surface area contributed by atoms with Crippen LogP contribution in [0.15, 0.2) is 47.6 Å². The van der Waals surface area contributed by atoms with Gasteiger partial charge in [0.1, 0.15) is 0 Å². The number of thiazole rings is 1. The Hall–Kier alpha value is -2.73. The topological polar surface area (TPSA) is 66.4 Å². The zero-order chi connectivity index (χ0) is 19.6. The van der Waals surface area contributed by atoms with E-state index in [0.29, 0.717) is 5.56 Å². The fourth-order valence-electron chi connectivity index (χ4n) is 2.53. The maximum atomic E-state index is 12.5.